The Kier molecular flexibility index (Phi) is 3.72. The van der Waals surface area contributed by atoms with Crippen LogP contribution in [0.3, 0.4) is 0 Å². The predicted octanol–water partition coefficient (Wildman–Crippen LogP) is -1.72. The van der Waals surface area contributed by atoms with Gasteiger partial charge in [0.2, 0.25) is 0 Å². The third kappa shape index (κ3) is 1.75. The maximum Gasteiger partial charge on any atom is 1.00 e. The number of nitrogens with zero attached hydrogens (tertiary/aromatic N) is 1. The number of hydrogen-bond donors (Lipinski definition) is 0. The first-order valence-corrected chi connectivity index (χ1v) is 2.05. The number of nitriles is 1. The van der Waals surface area contributed by atoms with Crippen LogP contribution in [0, 0.1) is 11.3 Å². The summed E-state index contributed by atoms with van der Waals surface area (Å²) < 4.78 is 0. The topological polar surface area (TPSA) is 23.8 Å². The zero-order valence-electron chi connectivity index (χ0n) is 4.76. The van der Waals surface area contributed by atoms with E-state index in [0.717, 1.165) is 5.56 Å². The monoisotopic (exact) mass is 113 g/mol. The summed E-state index contributed by atoms with van der Waals surface area (Å²) >= 11 is 0. The molecule has 0 heterocycles. The Morgan fingerprint density at radius 2 is 1.75 bits per heavy atom. The number of hydrogen-bond acceptors (Lipinski definition) is 1. The van der Waals surface area contributed by atoms with Crippen LogP contribution in [0.5, 0.6) is 0 Å². The molecular weight excluding hydrogens is 109 g/mol. The van der Waals surface area contributed by atoms with Crippen molar-refractivity contribution in [1.29, 1.82) is 5.26 Å². The van der Waals surface area contributed by atoms with Crippen LogP contribution in [0.1, 0.15) is 5.56 Å². The van der Waals surface area contributed by atoms with Crippen molar-refractivity contribution in [1.82, 2.24) is 0 Å². The van der Waals surface area contributed by atoms with Crippen LogP contribution in [0.2, 0.25) is 0 Å². The summed E-state index contributed by atoms with van der Waals surface area (Å²) in [7, 11) is 0. The van der Waals surface area contributed by atoms with E-state index in [0.29, 0.717) is 0 Å². The second kappa shape index (κ2) is 3.80. The van der Waals surface area contributed by atoms with Gasteiger partial charge >= 0.3 is 29.6 Å². The van der Waals surface area contributed by atoms with E-state index in [9.17, 15) is 0 Å². The first-order valence-electron chi connectivity index (χ1n) is 2.05. The second-order valence-corrected chi connectivity index (χ2v) is 1.29. The van der Waals surface area contributed by atoms with Gasteiger partial charge < -0.3 is 0 Å². The van der Waals surface area contributed by atoms with Gasteiger partial charge in [-0.2, -0.15) is 12.1 Å². The molecule has 0 fully saturated rings. The molecule has 0 saturated carbocycles. The van der Waals surface area contributed by atoms with Crippen LogP contribution >= 0.6 is 0 Å². The third-order valence-electron chi connectivity index (χ3n) is 0.792. The predicted molar refractivity (Wildman–Crippen MR) is 26.7 cm³/mol. The first-order chi connectivity index (χ1) is 3.43. The van der Waals surface area contributed by atoms with Gasteiger partial charge in [-0.1, -0.05) is 5.56 Å². The molecule has 1 aromatic rings. The van der Waals surface area contributed by atoms with Gasteiger partial charge in [0.05, 0.1) is 0 Å². The molecule has 0 saturated heterocycles. The second-order valence-electron chi connectivity index (χ2n) is 1.29. The van der Waals surface area contributed by atoms with Gasteiger partial charge in [-0.25, -0.2) is 17.4 Å². The van der Waals surface area contributed by atoms with Crippen molar-refractivity contribution in [3.63, 3.8) is 0 Å². The normalized spacial score (nSPS) is 6.88. The zero-order valence-corrected chi connectivity index (χ0v) is 6.76. The summed E-state index contributed by atoms with van der Waals surface area (Å²) in [6.07, 6.45) is 0. The molecule has 1 nitrogen and oxygen atoms in total. The van der Waals surface area contributed by atoms with Crippen molar-refractivity contribution in [2.24, 2.45) is 0 Å². The molecule has 0 aliphatic heterocycles. The van der Waals surface area contributed by atoms with Crippen LogP contribution in [0.15, 0.2) is 24.3 Å². The van der Waals surface area contributed by atoms with Gasteiger partial charge in [-0.3, -0.25) is 0 Å². The quantitative estimate of drug-likeness (QED) is 0.290. The molecule has 1 aromatic carbocycles. The van der Waals surface area contributed by atoms with Crippen LogP contribution in [-0.4, -0.2) is 0 Å². The Hall–Kier alpha value is -0.160. The minimum absolute atomic E-state index is 0. The molecule has 0 N–H and O–H groups in total. The summed E-state index contributed by atoms with van der Waals surface area (Å²) in [5.41, 5.74) is 0.736. The van der Waals surface area contributed by atoms with Crippen LogP contribution in [0.25, 0.3) is 0 Å². The molecular formula is C6H4NNa. The van der Waals surface area contributed by atoms with E-state index in [-0.39, 0.29) is 29.6 Å². The Morgan fingerprint density at radius 3 is 2.00 bits per heavy atom. The first kappa shape index (κ1) is 7.84. The maximum atomic E-state index is 8.18. The van der Waals surface area contributed by atoms with Gasteiger partial charge in [-0.15, -0.1) is 0 Å². The van der Waals surface area contributed by atoms with Gasteiger partial charge in [-0.05, 0) is 0 Å². The smallest absolute Gasteiger partial charge is 0.212 e. The van der Waals surface area contributed by atoms with E-state index in [2.05, 4.69) is 0 Å². The number of rotatable bonds is 0. The van der Waals surface area contributed by atoms with Gasteiger partial charge in [0.15, 0.2) is 0 Å². The standard InChI is InChI=1S/C6H4N.Na/c7-5-6-3-1-2-4-6;/h1-4H;/q-1;+1. The molecule has 0 aromatic heterocycles. The van der Waals surface area contributed by atoms with E-state index in [1.54, 1.807) is 12.1 Å². The minimum atomic E-state index is 0. The fourth-order valence-electron chi connectivity index (χ4n) is 0.449. The Bertz CT molecular complexity index is 171. The molecule has 0 spiro atoms. The molecule has 34 valence electrons. The summed E-state index contributed by atoms with van der Waals surface area (Å²) in [6, 6.07) is 9.25. The van der Waals surface area contributed by atoms with E-state index in [1.165, 1.54) is 0 Å². The molecule has 1 rings (SSSR count). The fourth-order valence-corrected chi connectivity index (χ4v) is 0.449. The van der Waals surface area contributed by atoms with Crippen molar-refractivity contribution in [2.75, 3.05) is 0 Å². The molecule has 0 aliphatic rings. The summed E-state index contributed by atoms with van der Waals surface area (Å²) in [6.45, 7) is 0. The van der Waals surface area contributed by atoms with E-state index in [1.807, 2.05) is 18.2 Å². The van der Waals surface area contributed by atoms with E-state index in [4.69, 9.17) is 5.26 Å². The van der Waals surface area contributed by atoms with Gasteiger partial charge in [0, 0.05) is 6.07 Å². The van der Waals surface area contributed by atoms with Crippen LogP contribution in [-0.2, 0) is 0 Å². The Balaban J connectivity index is 0.000000490. The van der Waals surface area contributed by atoms with Crippen LogP contribution in [0.4, 0.5) is 0 Å². The van der Waals surface area contributed by atoms with Gasteiger partial charge in [0.25, 0.3) is 0 Å². The van der Waals surface area contributed by atoms with Crippen molar-refractivity contribution in [3.8, 4) is 6.07 Å². The summed E-state index contributed by atoms with van der Waals surface area (Å²) in [5, 5.41) is 8.18. The maximum absolute atomic E-state index is 8.18. The van der Waals surface area contributed by atoms with Crippen molar-refractivity contribution >= 4 is 0 Å². The molecule has 2 heteroatoms. The van der Waals surface area contributed by atoms with Crippen molar-refractivity contribution in [3.05, 3.63) is 29.8 Å². The summed E-state index contributed by atoms with van der Waals surface area (Å²) in [5.74, 6) is 0. The average Bonchev–Trinajstić information content (AvgIpc) is 2.14. The molecule has 0 aliphatic carbocycles. The SMILES string of the molecule is N#C[c-]1cccc1.[Na+]. The van der Waals surface area contributed by atoms with E-state index >= 15 is 0 Å². The average molecular weight is 113 g/mol. The zero-order chi connectivity index (χ0) is 5.11. The molecule has 0 unspecified atom stereocenters. The summed E-state index contributed by atoms with van der Waals surface area (Å²) in [4.78, 5) is 0. The Labute approximate surface area is 70.6 Å². The Morgan fingerprint density at radius 1 is 1.25 bits per heavy atom. The largest absolute Gasteiger partial charge is 1.00 e. The van der Waals surface area contributed by atoms with Crippen molar-refractivity contribution < 1.29 is 29.6 Å². The molecule has 0 radical (unpaired) electrons. The molecule has 0 bridgehead atoms. The van der Waals surface area contributed by atoms with Crippen LogP contribution < -0.4 is 29.6 Å². The minimum Gasteiger partial charge on any atom is -0.212 e. The van der Waals surface area contributed by atoms with Gasteiger partial charge in [0.1, 0.15) is 0 Å². The third-order valence-corrected chi connectivity index (χ3v) is 0.792. The fraction of sp³-hybridized carbons (Fsp3) is 0. The molecule has 0 amide bonds. The molecule has 8 heavy (non-hydrogen) atoms. The van der Waals surface area contributed by atoms with Crippen molar-refractivity contribution in [2.45, 2.75) is 0 Å². The van der Waals surface area contributed by atoms with E-state index < -0.39 is 0 Å². The molecule has 0 atom stereocenters.